The Morgan fingerprint density at radius 1 is 1.39 bits per heavy atom. The summed E-state index contributed by atoms with van der Waals surface area (Å²) < 4.78 is 21.0. The molecule has 6 heteroatoms. The number of rotatable bonds is 6. The summed E-state index contributed by atoms with van der Waals surface area (Å²) in [5.74, 6) is 1.30. The van der Waals surface area contributed by atoms with Crippen LogP contribution in [0.25, 0.3) is 11.4 Å². The van der Waals surface area contributed by atoms with E-state index < -0.39 is 0 Å². The van der Waals surface area contributed by atoms with Crippen molar-refractivity contribution in [3.05, 3.63) is 42.2 Å². The zero-order chi connectivity index (χ0) is 16.2. The number of aromatic nitrogens is 3. The van der Waals surface area contributed by atoms with E-state index in [2.05, 4.69) is 21.3 Å². The lowest BCUT2D eigenvalue weighted by Gasteiger charge is -2.14. The molecule has 0 saturated carbocycles. The van der Waals surface area contributed by atoms with Crippen molar-refractivity contribution in [1.82, 2.24) is 14.8 Å². The Labute approximate surface area is 139 Å². The van der Waals surface area contributed by atoms with Crippen LogP contribution in [0, 0.1) is 5.82 Å². The highest BCUT2D eigenvalue weighted by atomic mass is 32.2. The van der Waals surface area contributed by atoms with E-state index >= 15 is 0 Å². The number of thioether (sulfide) groups is 1. The van der Waals surface area contributed by atoms with Crippen molar-refractivity contribution in [3.63, 3.8) is 0 Å². The number of nitrogens with zero attached hydrogens (tertiary/aromatic N) is 3. The molecule has 0 spiro atoms. The Balaban J connectivity index is 1.90. The lowest BCUT2D eigenvalue weighted by molar-refractivity contribution is 0.0953. The van der Waals surface area contributed by atoms with Crippen molar-refractivity contribution in [2.45, 2.75) is 37.6 Å². The summed E-state index contributed by atoms with van der Waals surface area (Å²) in [4.78, 5) is 0. The molecule has 1 unspecified atom stereocenters. The summed E-state index contributed by atoms with van der Waals surface area (Å²) in [5, 5.41) is 9.48. The number of hydrogen-bond donors (Lipinski definition) is 0. The largest absolute Gasteiger partial charge is 0.376 e. The molecule has 1 aromatic carbocycles. The molecular weight excluding hydrogens is 313 g/mol. The zero-order valence-electron chi connectivity index (χ0n) is 13.2. The van der Waals surface area contributed by atoms with Crippen LogP contribution >= 0.6 is 11.8 Å². The molecule has 0 bridgehead atoms. The van der Waals surface area contributed by atoms with Crippen LogP contribution in [0.4, 0.5) is 4.39 Å². The summed E-state index contributed by atoms with van der Waals surface area (Å²) >= 11 is 1.62. The van der Waals surface area contributed by atoms with Gasteiger partial charge < -0.3 is 4.74 Å². The molecule has 1 aliphatic heterocycles. The van der Waals surface area contributed by atoms with Gasteiger partial charge in [0, 0.05) is 17.9 Å². The second kappa shape index (κ2) is 7.27. The molecule has 23 heavy (non-hydrogen) atoms. The fourth-order valence-corrected chi connectivity index (χ4v) is 3.34. The second-order valence-corrected chi connectivity index (χ2v) is 6.75. The predicted molar refractivity (Wildman–Crippen MR) is 89.9 cm³/mol. The van der Waals surface area contributed by atoms with E-state index in [1.807, 2.05) is 6.92 Å². The minimum Gasteiger partial charge on any atom is -0.376 e. The molecule has 0 radical (unpaired) electrons. The van der Waals surface area contributed by atoms with E-state index in [1.54, 1.807) is 23.9 Å². The Hall–Kier alpha value is -1.66. The first-order valence-electron chi connectivity index (χ1n) is 7.71. The standard InChI is InChI=1S/C17H20FN3OS/c1-12(2)11-23-17-20-19-16(13-5-7-14(18)8-6-13)21(17)10-15-4-3-9-22-15/h5-8,15H,1,3-4,9-11H2,2H3. The van der Waals surface area contributed by atoms with E-state index in [-0.39, 0.29) is 11.9 Å². The second-order valence-electron chi connectivity index (χ2n) is 5.80. The molecule has 1 saturated heterocycles. The van der Waals surface area contributed by atoms with Crippen molar-refractivity contribution in [2.24, 2.45) is 0 Å². The van der Waals surface area contributed by atoms with Gasteiger partial charge >= 0.3 is 0 Å². The van der Waals surface area contributed by atoms with Crippen LogP contribution in [-0.2, 0) is 11.3 Å². The van der Waals surface area contributed by atoms with Gasteiger partial charge in [0.1, 0.15) is 5.82 Å². The van der Waals surface area contributed by atoms with Gasteiger partial charge in [0.05, 0.1) is 12.6 Å². The number of benzene rings is 1. The lowest BCUT2D eigenvalue weighted by atomic mass is 10.2. The van der Waals surface area contributed by atoms with Gasteiger partial charge in [-0.15, -0.1) is 10.2 Å². The third-order valence-corrected chi connectivity index (χ3v) is 4.87. The predicted octanol–water partition coefficient (Wildman–Crippen LogP) is 3.93. The molecule has 3 rings (SSSR count). The molecule has 122 valence electrons. The summed E-state index contributed by atoms with van der Waals surface area (Å²) in [6.07, 6.45) is 2.33. The lowest BCUT2D eigenvalue weighted by Crippen LogP contribution is -2.16. The van der Waals surface area contributed by atoms with Gasteiger partial charge in [0.15, 0.2) is 11.0 Å². The highest BCUT2D eigenvalue weighted by molar-refractivity contribution is 7.99. The molecule has 0 N–H and O–H groups in total. The number of hydrogen-bond acceptors (Lipinski definition) is 4. The van der Waals surface area contributed by atoms with Gasteiger partial charge in [-0.05, 0) is 44.0 Å². The average Bonchev–Trinajstić information content (AvgIpc) is 3.17. The molecule has 2 heterocycles. The average molecular weight is 333 g/mol. The van der Waals surface area contributed by atoms with Gasteiger partial charge in [0.25, 0.3) is 0 Å². The third-order valence-electron chi connectivity index (χ3n) is 3.68. The highest BCUT2D eigenvalue weighted by Gasteiger charge is 2.21. The van der Waals surface area contributed by atoms with Crippen molar-refractivity contribution in [2.75, 3.05) is 12.4 Å². The summed E-state index contributed by atoms with van der Waals surface area (Å²) in [6.45, 7) is 7.46. The van der Waals surface area contributed by atoms with Crippen LogP contribution in [0.3, 0.4) is 0 Å². The quantitative estimate of drug-likeness (QED) is 0.593. The van der Waals surface area contributed by atoms with Crippen LogP contribution < -0.4 is 0 Å². The third kappa shape index (κ3) is 4.00. The molecule has 1 fully saturated rings. The van der Waals surface area contributed by atoms with Gasteiger partial charge in [-0.3, -0.25) is 4.57 Å². The van der Waals surface area contributed by atoms with Gasteiger partial charge in [-0.1, -0.05) is 23.9 Å². The monoisotopic (exact) mass is 333 g/mol. The van der Waals surface area contributed by atoms with E-state index in [0.29, 0.717) is 0 Å². The molecule has 1 aliphatic rings. The summed E-state index contributed by atoms with van der Waals surface area (Å²) in [6, 6.07) is 6.36. The van der Waals surface area contributed by atoms with E-state index in [9.17, 15) is 4.39 Å². The molecular formula is C17H20FN3OS. The van der Waals surface area contributed by atoms with Crippen LogP contribution in [0.1, 0.15) is 19.8 Å². The summed E-state index contributed by atoms with van der Waals surface area (Å²) in [7, 11) is 0. The van der Waals surface area contributed by atoms with Crippen molar-refractivity contribution in [1.29, 1.82) is 0 Å². The van der Waals surface area contributed by atoms with Crippen LogP contribution in [0.15, 0.2) is 41.6 Å². The zero-order valence-corrected chi connectivity index (χ0v) is 14.0. The minimum atomic E-state index is -0.254. The number of ether oxygens (including phenoxy) is 1. The molecule has 0 aliphatic carbocycles. The summed E-state index contributed by atoms with van der Waals surface area (Å²) in [5.41, 5.74) is 1.95. The maximum Gasteiger partial charge on any atom is 0.191 e. The number of halogens is 1. The maximum atomic E-state index is 13.2. The van der Waals surface area contributed by atoms with Crippen LogP contribution in [0.5, 0.6) is 0 Å². The van der Waals surface area contributed by atoms with Crippen molar-refractivity contribution >= 4 is 11.8 Å². The first-order chi connectivity index (χ1) is 11.1. The smallest absolute Gasteiger partial charge is 0.191 e. The van der Waals surface area contributed by atoms with Gasteiger partial charge in [0.2, 0.25) is 0 Å². The van der Waals surface area contributed by atoms with E-state index in [1.165, 1.54) is 12.1 Å². The van der Waals surface area contributed by atoms with E-state index in [0.717, 1.165) is 53.9 Å². The normalized spacial score (nSPS) is 17.6. The Morgan fingerprint density at radius 3 is 2.83 bits per heavy atom. The fraction of sp³-hybridized carbons (Fsp3) is 0.412. The molecule has 2 aromatic rings. The molecule has 0 amide bonds. The first-order valence-corrected chi connectivity index (χ1v) is 8.70. The maximum absolute atomic E-state index is 13.2. The molecule has 1 aromatic heterocycles. The molecule has 4 nitrogen and oxygen atoms in total. The van der Waals surface area contributed by atoms with Crippen LogP contribution in [-0.4, -0.2) is 33.2 Å². The van der Waals surface area contributed by atoms with Crippen molar-refractivity contribution < 1.29 is 9.13 Å². The topological polar surface area (TPSA) is 39.9 Å². The Bertz CT molecular complexity index is 678. The first kappa shape index (κ1) is 16.2. The SMILES string of the molecule is C=C(C)CSc1nnc(-c2ccc(F)cc2)n1CC1CCCO1. The Morgan fingerprint density at radius 2 is 2.17 bits per heavy atom. The Kier molecular flexibility index (Phi) is 5.13. The van der Waals surface area contributed by atoms with Gasteiger partial charge in [-0.2, -0.15) is 0 Å². The van der Waals surface area contributed by atoms with Gasteiger partial charge in [-0.25, -0.2) is 4.39 Å². The van der Waals surface area contributed by atoms with E-state index in [4.69, 9.17) is 4.74 Å². The van der Waals surface area contributed by atoms with Crippen LogP contribution in [0.2, 0.25) is 0 Å². The van der Waals surface area contributed by atoms with Crippen molar-refractivity contribution in [3.8, 4) is 11.4 Å². The minimum absolute atomic E-state index is 0.189. The molecule has 1 atom stereocenters. The fourth-order valence-electron chi connectivity index (χ4n) is 2.55. The highest BCUT2D eigenvalue weighted by Crippen LogP contribution is 2.27.